The zero-order valence-electron chi connectivity index (χ0n) is 13.5. The first kappa shape index (κ1) is 18.0. The van der Waals surface area contributed by atoms with Gasteiger partial charge >= 0.3 is 0 Å². The van der Waals surface area contributed by atoms with Crippen LogP contribution in [0.4, 0.5) is 0 Å². The van der Waals surface area contributed by atoms with Crippen LogP contribution in [-0.4, -0.2) is 22.4 Å². The number of aliphatic hydroxyl groups excluding tert-OH is 2. The van der Waals surface area contributed by atoms with E-state index in [9.17, 15) is 10.2 Å². The number of hydrogen-bond acceptors (Lipinski definition) is 2. The second kappa shape index (κ2) is 11.6. The van der Waals surface area contributed by atoms with Gasteiger partial charge in [0.05, 0.1) is 12.2 Å². The van der Waals surface area contributed by atoms with Gasteiger partial charge in [0.15, 0.2) is 0 Å². The van der Waals surface area contributed by atoms with E-state index in [-0.39, 0.29) is 0 Å². The Bertz CT molecular complexity index is 211. The lowest BCUT2D eigenvalue weighted by atomic mass is 9.82. The van der Waals surface area contributed by atoms with Crippen molar-refractivity contribution in [1.29, 1.82) is 0 Å². The molecule has 20 heavy (non-hydrogen) atoms. The van der Waals surface area contributed by atoms with Gasteiger partial charge in [0, 0.05) is 0 Å². The van der Waals surface area contributed by atoms with Gasteiger partial charge in [-0.05, 0) is 25.2 Å². The van der Waals surface area contributed by atoms with Crippen molar-refractivity contribution in [3.8, 4) is 0 Å². The van der Waals surface area contributed by atoms with Crippen LogP contribution in [-0.2, 0) is 0 Å². The van der Waals surface area contributed by atoms with Crippen LogP contribution >= 0.6 is 0 Å². The standard InChI is InChI=1S/C18H36O2/c1-2-3-4-5-6-7-8-12-15-17(19)18(20)16-13-10-9-11-14-16/h16-20H,2-15H2,1H3. The van der Waals surface area contributed by atoms with E-state index in [0.717, 1.165) is 25.7 Å². The van der Waals surface area contributed by atoms with E-state index in [4.69, 9.17) is 0 Å². The van der Waals surface area contributed by atoms with Gasteiger partial charge in [-0.1, -0.05) is 77.6 Å². The highest BCUT2D eigenvalue weighted by Crippen LogP contribution is 2.28. The minimum absolute atomic E-state index is 0.354. The van der Waals surface area contributed by atoms with Crippen molar-refractivity contribution in [2.45, 2.75) is 109 Å². The van der Waals surface area contributed by atoms with Crippen molar-refractivity contribution in [3.05, 3.63) is 0 Å². The van der Waals surface area contributed by atoms with E-state index in [1.165, 1.54) is 64.2 Å². The monoisotopic (exact) mass is 284 g/mol. The van der Waals surface area contributed by atoms with Crippen molar-refractivity contribution < 1.29 is 10.2 Å². The highest BCUT2D eigenvalue weighted by atomic mass is 16.3. The molecule has 0 aliphatic heterocycles. The Morgan fingerprint density at radius 2 is 1.35 bits per heavy atom. The lowest BCUT2D eigenvalue weighted by Crippen LogP contribution is -2.34. The van der Waals surface area contributed by atoms with Gasteiger partial charge in [-0.2, -0.15) is 0 Å². The predicted molar refractivity (Wildman–Crippen MR) is 85.8 cm³/mol. The molecule has 0 heterocycles. The Hall–Kier alpha value is -0.0800. The molecule has 0 spiro atoms. The van der Waals surface area contributed by atoms with Gasteiger partial charge in [0.1, 0.15) is 0 Å². The molecule has 2 atom stereocenters. The van der Waals surface area contributed by atoms with Crippen molar-refractivity contribution >= 4 is 0 Å². The first-order valence-corrected chi connectivity index (χ1v) is 9.11. The zero-order chi connectivity index (χ0) is 14.6. The molecule has 2 heteroatoms. The highest BCUT2D eigenvalue weighted by Gasteiger charge is 2.27. The Balaban J connectivity index is 1.97. The van der Waals surface area contributed by atoms with E-state index in [1.54, 1.807) is 0 Å². The van der Waals surface area contributed by atoms with E-state index < -0.39 is 12.2 Å². The summed E-state index contributed by atoms with van der Waals surface area (Å²) >= 11 is 0. The second-order valence-electron chi connectivity index (χ2n) is 6.72. The molecular weight excluding hydrogens is 248 g/mol. The maximum absolute atomic E-state index is 10.2. The van der Waals surface area contributed by atoms with Gasteiger partial charge in [-0.15, -0.1) is 0 Å². The molecule has 0 bridgehead atoms. The molecule has 1 saturated carbocycles. The van der Waals surface area contributed by atoms with E-state index in [2.05, 4.69) is 6.92 Å². The normalized spacial score (nSPS) is 19.9. The van der Waals surface area contributed by atoms with Gasteiger partial charge in [-0.25, -0.2) is 0 Å². The molecule has 1 rings (SSSR count). The Labute approximate surface area is 126 Å². The minimum Gasteiger partial charge on any atom is -0.390 e. The molecule has 0 radical (unpaired) electrons. The smallest absolute Gasteiger partial charge is 0.0827 e. The number of unbranched alkanes of at least 4 members (excludes halogenated alkanes) is 7. The predicted octanol–water partition coefficient (Wildman–Crippen LogP) is 4.82. The van der Waals surface area contributed by atoms with E-state index >= 15 is 0 Å². The Kier molecular flexibility index (Phi) is 10.4. The van der Waals surface area contributed by atoms with Crippen molar-refractivity contribution in [2.24, 2.45) is 5.92 Å². The molecule has 0 amide bonds. The molecule has 0 saturated heterocycles. The molecule has 2 nitrogen and oxygen atoms in total. The quantitative estimate of drug-likeness (QED) is 0.534. The molecular formula is C18H36O2. The second-order valence-corrected chi connectivity index (χ2v) is 6.72. The summed E-state index contributed by atoms with van der Waals surface area (Å²) in [5, 5.41) is 20.3. The molecule has 2 unspecified atom stereocenters. The average Bonchev–Trinajstić information content (AvgIpc) is 2.50. The summed E-state index contributed by atoms with van der Waals surface area (Å²) in [6.07, 6.45) is 16.1. The van der Waals surface area contributed by atoms with Crippen molar-refractivity contribution in [1.82, 2.24) is 0 Å². The summed E-state index contributed by atoms with van der Waals surface area (Å²) in [6, 6.07) is 0. The summed E-state index contributed by atoms with van der Waals surface area (Å²) in [4.78, 5) is 0. The lowest BCUT2D eigenvalue weighted by Gasteiger charge is -2.29. The van der Waals surface area contributed by atoms with E-state index in [1.807, 2.05) is 0 Å². The van der Waals surface area contributed by atoms with Crippen LogP contribution in [0.5, 0.6) is 0 Å². The Morgan fingerprint density at radius 1 is 0.800 bits per heavy atom. The molecule has 1 aliphatic carbocycles. The van der Waals surface area contributed by atoms with Crippen LogP contribution in [0.25, 0.3) is 0 Å². The number of rotatable bonds is 11. The lowest BCUT2D eigenvalue weighted by molar-refractivity contribution is -0.0314. The summed E-state index contributed by atoms with van der Waals surface area (Å²) in [7, 11) is 0. The van der Waals surface area contributed by atoms with Gasteiger partial charge < -0.3 is 10.2 Å². The molecule has 0 aromatic heterocycles. The highest BCUT2D eigenvalue weighted by molar-refractivity contribution is 4.78. The van der Waals surface area contributed by atoms with Crippen LogP contribution in [0.15, 0.2) is 0 Å². The summed E-state index contributed by atoms with van der Waals surface area (Å²) in [5.74, 6) is 0.354. The summed E-state index contributed by atoms with van der Waals surface area (Å²) in [5.41, 5.74) is 0. The van der Waals surface area contributed by atoms with Crippen LogP contribution in [0.1, 0.15) is 96.8 Å². The molecule has 1 fully saturated rings. The number of aliphatic hydroxyl groups is 2. The third-order valence-electron chi connectivity index (χ3n) is 4.88. The molecule has 2 N–H and O–H groups in total. The maximum atomic E-state index is 10.2. The molecule has 0 aromatic rings. The SMILES string of the molecule is CCCCCCCCCCC(O)C(O)C1CCCCC1. The van der Waals surface area contributed by atoms with Crippen LogP contribution < -0.4 is 0 Å². The third kappa shape index (κ3) is 7.64. The first-order valence-electron chi connectivity index (χ1n) is 9.11. The zero-order valence-corrected chi connectivity index (χ0v) is 13.5. The van der Waals surface area contributed by atoms with Gasteiger partial charge in [-0.3, -0.25) is 0 Å². The molecule has 0 aromatic carbocycles. The third-order valence-corrected chi connectivity index (χ3v) is 4.88. The van der Waals surface area contributed by atoms with Crippen molar-refractivity contribution in [3.63, 3.8) is 0 Å². The molecule has 120 valence electrons. The molecule has 1 aliphatic rings. The fraction of sp³-hybridized carbons (Fsp3) is 1.00. The fourth-order valence-corrected chi connectivity index (χ4v) is 3.45. The summed E-state index contributed by atoms with van der Waals surface area (Å²) < 4.78 is 0. The Morgan fingerprint density at radius 3 is 1.95 bits per heavy atom. The fourth-order valence-electron chi connectivity index (χ4n) is 3.45. The van der Waals surface area contributed by atoms with Crippen LogP contribution in [0.2, 0.25) is 0 Å². The first-order chi connectivity index (χ1) is 9.75. The number of hydrogen-bond donors (Lipinski definition) is 2. The van der Waals surface area contributed by atoms with Crippen LogP contribution in [0.3, 0.4) is 0 Å². The largest absolute Gasteiger partial charge is 0.390 e. The van der Waals surface area contributed by atoms with E-state index in [0.29, 0.717) is 5.92 Å². The minimum atomic E-state index is -0.488. The van der Waals surface area contributed by atoms with Crippen molar-refractivity contribution in [2.75, 3.05) is 0 Å². The topological polar surface area (TPSA) is 40.5 Å². The van der Waals surface area contributed by atoms with Crippen LogP contribution in [0, 0.1) is 5.92 Å². The average molecular weight is 284 g/mol. The van der Waals surface area contributed by atoms with Gasteiger partial charge in [0.25, 0.3) is 0 Å². The summed E-state index contributed by atoms with van der Waals surface area (Å²) in [6.45, 7) is 2.25. The van der Waals surface area contributed by atoms with Gasteiger partial charge in [0.2, 0.25) is 0 Å². The maximum Gasteiger partial charge on any atom is 0.0827 e.